The van der Waals surface area contributed by atoms with Crippen LogP contribution in [-0.4, -0.2) is 35.6 Å². The average molecular weight is 349 g/mol. The van der Waals surface area contributed by atoms with E-state index in [1.54, 1.807) is 0 Å². The van der Waals surface area contributed by atoms with Gasteiger partial charge in [-0.2, -0.15) is 0 Å². The van der Waals surface area contributed by atoms with E-state index in [0.29, 0.717) is 0 Å². The number of aromatic amines is 1. The molecular formula is C21H27N5. The van der Waals surface area contributed by atoms with Crippen LogP contribution >= 0.6 is 0 Å². The summed E-state index contributed by atoms with van der Waals surface area (Å²) in [6.07, 6.45) is 5.88. The number of fused-ring (bicyclic) bond motifs is 1. The van der Waals surface area contributed by atoms with Crippen LogP contribution in [0.25, 0.3) is 10.9 Å². The van der Waals surface area contributed by atoms with Crippen molar-refractivity contribution in [3.05, 3.63) is 65.6 Å². The molecule has 0 bridgehead atoms. The molecule has 2 aromatic heterocycles. The normalized spacial score (nSPS) is 11.7. The summed E-state index contributed by atoms with van der Waals surface area (Å²) in [7, 11) is 0. The van der Waals surface area contributed by atoms with Crippen molar-refractivity contribution in [3.8, 4) is 0 Å². The zero-order valence-corrected chi connectivity index (χ0v) is 15.5. The van der Waals surface area contributed by atoms with Gasteiger partial charge in [0.05, 0.1) is 0 Å². The highest BCUT2D eigenvalue weighted by Crippen LogP contribution is 2.17. The fourth-order valence-electron chi connectivity index (χ4n) is 2.94. The predicted octanol–water partition coefficient (Wildman–Crippen LogP) is 3.21. The summed E-state index contributed by atoms with van der Waals surface area (Å²) >= 11 is 0. The van der Waals surface area contributed by atoms with E-state index in [0.717, 1.165) is 44.1 Å². The van der Waals surface area contributed by atoms with Crippen LogP contribution < -0.4 is 10.6 Å². The van der Waals surface area contributed by atoms with Crippen LogP contribution in [0.15, 0.2) is 53.8 Å². The fourth-order valence-corrected chi connectivity index (χ4v) is 2.94. The number of H-pyrrole nitrogens is 1. The van der Waals surface area contributed by atoms with E-state index >= 15 is 0 Å². The first-order valence-corrected chi connectivity index (χ1v) is 9.25. The lowest BCUT2D eigenvalue weighted by Crippen LogP contribution is -2.38. The maximum atomic E-state index is 4.71. The van der Waals surface area contributed by atoms with Crippen LogP contribution in [0.4, 0.5) is 0 Å². The van der Waals surface area contributed by atoms with E-state index in [1.165, 1.54) is 22.0 Å². The van der Waals surface area contributed by atoms with E-state index < -0.39 is 0 Å². The summed E-state index contributed by atoms with van der Waals surface area (Å²) in [5.74, 6) is 0.868. The van der Waals surface area contributed by atoms with Gasteiger partial charge in [-0.05, 0) is 49.9 Å². The van der Waals surface area contributed by atoms with Crippen LogP contribution in [0, 0.1) is 6.92 Å². The second-order valence-electron chi connectivity index (χ2n) is 6.35. The van der Waals surface area contributed by atoms with Gasteiger partial charge < -0.3 is 15.6 Å². The molecule has 3 N–H and O–H groups in total. The molecule has 1 aromatic carbocycles. The van der Waals surface area contributed by atoms with E-state index in [9.17, 15) is 0 Å². The van der Waals surface area contributed by atoms with Crippen LogP contribution in [0.5, 0.6) is 0 Å². The minimum absolute atomic E-state index is 0.753. The predicted molar refractivity (Wildman–Crippen MR) is 109 cm³/mol. The minimum Gasteiger partial charge on any atom is -0.361 e. The summed E-state index contributed by atoms with van der Waals surface area (Å²) in [6.45, 7) is 6.53. The molecule has 0 saturated heterocycles. The number of rotatable bonds is 7. The Bertz CT molecular complexity index is 848. The highest BCUT2D eigenvalue weighted by Gasteiger charge is 2.03. The Morgan fingerprint density at radius 3 is 2.81 bits per heavy atom. The summed E-state index contributed by atoms with van der Waals surface area (Å²) in [5.41, 5.74) is 4.78. The SMILES string of the molecule is CCNC(=NCCc1c[nH]c2ccccc12)NCCc1ccc(C)nc1. The molecule has 0 aliphatic heterocycles. The lowest BCUT2D eigenvalue weighted by molar-refractivity contribution is 0.795. The van der Waals surface area contributed by atoms with Crippen molar-refractivity contribution in [1.29, 1.82) is 0 Å². The zero-order valence-electron chi connectivity index (χ0n) is 15.5. The molecule has 0 spiro atoms. The average Bonchev–Trinajstić information content (AvgIpc) is 3.07. The van der Waals surface area contributed by atoms with Gasteiger partial charge >= 0.3 is 0 Å². The number of aryl methyl sites for hydroxylation is 1. The maximum Gasteiger partial charge on any atom is 0.191 e. The van der Waals surface area contributed by atoms with Gasteiger partial charge in [0, 0.05) is 48.6 Å². The van der Waals surface area contributed by atoms with E-state index in [-0.39, 0.29) is 0 Å². The van der Waals surface area contributed by atoms with Crippen LogP contribution in [-0.2, 0) is 12.8 Å². The second-order valence-corrected chi connectivity index (χ2v) is 6.35. The number of nitrogens with one attached hydrogen (secondary N) is 3. The van der Waals surface area contributed by atoms with Gasteiger partial charge in [-0.1, -0.05) is 24.3 Å². The number of hydrogen-bond acceptors (Lipinski definition) is 2. The zero-order chi connectivity index (χ0) is 18.2. The maximum absolute atomic E-state index is 4.71. The summed E-state index contributed by atoms with van der Waals surface area (Å²) in [4.78, 5) is 12.4. The summed E-state index contributed by atoms with van der Waals surface area (Å²) in [5, 5.41) is 8.00. The molecular weight excluding hydrogens is 322 g/mol. The monoisotopic (exact) mass is 349 g/mol. The number of nitrogens with zero attached hydrogens (tertiary/aromatic N) is 2. The first-order chi connectivity index (χ1) is 12.8. The van der Waals surface area contributed by atoms with Gasteiger partial charge in [0.1, 0.15) is 0 Å². The van der Waals surface area contributed by atoms with Crippen molar-refractivity contribution >= 4 is 16.9 Å². The molecule has 26 heavy (non-hydrogen) atoms. The van der Waals surface area contributed by atoms with Crippen LogP contribution in [0.2, 0.25) is 0 Å². The molecule has 136 valence electrons. The van der Waals surface area contributed by atoms with Crippen LogP contribution in [0.1, 0.15) is 23.7 Å². The molecule has 0 aliphatic carbocycles. The third kappa shape index (κ3) is 4.85. The molecule has 0 fully saturated rings. The van der Waals surface area contributed by atoms with Crippen molar-refractivity contribution in [3.63, 3.8) is 0 Å². The Balaban J connectivity index is 1.52. The number of para-hydroxylation sites is 1. The van der Waals surface area contributed by atoms with E-state index in [2.05, 4.69) is 70.1 Å². The largest absolute Gasteiger partial charge is 0.361 e. The molecule has 0 aliphatic rings. The minimum atomic E-state index is 0.753. The highest BCUT2D eigenvalue weighted by molar-refractivity contribution is 5.83. The molecule has 5 nitrogen and oxygen atoms in total. The van der Waals surface area contributed by atoms with Gasteiger partial charge in [-0.15, -0.1) is 0 Å². The van der Waals surface area contributed by atoms with Crippen molar-refractivity contribution in [1.82, 2.24) is 20.6 Å². The number of aromatic nitrogens is 2. The van der Waals surface area contributed by atoms with Gasteiger partial charge in [-0.25, -0.2) is 0 Å². The molecule has 3 aromatic rings. The standard InChI is InChI=1S/C21H27N5/c1-3-22-21(23-12-10-17-9-8-16(2)25-14-17)24-13-11-18-15-26-20-7-5-4-6-19(18)20/h4-9,14-15,26H,3,10-13H2,1-2H3,(H2,22,23,24). The van der Waals surface area contributed by atoms with Crippen LogP contribution in [0.3, 0.4) is 0 Å². The van der Waals surface area contributed by atoms with Gasteiger partial charge in [0.2, 0.25) is 0 Å². The Morgan fingerprint density at radius 2 is 2.00 bits per heavy atom. The third-order valence-corrected chi connectivity index (χ3v) is 4.35. The Hall–Kier alpha value is -2.82. The van der Waals surface area contributed by atoms with E-state index in [4.69, 9.17) is 4.99 Å². The summed E-state index contributed by atoms with van der Waals surface area (Å²) in [6, 6.07) is 12.6. The molecule has 0 unspecified atom stereocenters. The Kier molecular flexibility index (Phi) is 6.25. The van der Waals surface area contributed by atoms with E-state index in [1.807, 2.05) is 13.1 Å². The molecule has 0 saturated carbocycles. The number of aliphatic imine (C=N–C) groups is 1. The lowest BCUT2D eigenvalue weighted by Gasteiger charge is -2.11. The van der Waals surface area contributed by atoms with Crippen molar-refractivity contribution in [2.24, 2.45) is 4.99 Å². The number of pyridine rings is 1. The molecule has 3 rings (SSSR count). The second kappa shape index (κ2) is 9.04. The number of benzene rings is 1. The lowest BCUT2D eigenvalue weighted by atomic mass is 10.1. The quantitative estimate of drug-likeness (QED) is 0.453. The highest BCUT2D eigenvalue weighted by atomic mass is 15.2. The van der Waals surface area contributed by atoms with Gasteiger partial charge in [-0.3, -0.25) is 9.98 Å². The number of hydrogen-bond donors (Lipinski definition) is 3. The molecule has 5 heteroatoms. The van der Waals surface area contributed by atoms with Gasteiger partial charge in [0.15, 0.2) is 5.96 Å². The summed E-state index contributed by atoms with van der Waals surface area (Å²) < 4.78 is 0. The van der Waals surface area contributed by atoms with Crippen molar-refractivity contribution in [2.75, 3.05) is 19.6 Å². The first kappa shape index (κ1) is 18.0. The Labute approximate surface area is 155 Å². The molecule has 0 radical (unpaired) electrons. The van der Waals surface area contributed by atoms with Gasteiger partial charge in [0.25, 0.3) is 0 Å². The first-order valence-electron chi connectivity index (χ1n) is 9.25. The number of guanidine groups is 1. The van der Waals surface area contributed by atoms with Crippen molar-refractivity contribution in [2.45, 2.75) is 26.7 Å². The smallest absolute Gasteiger partial charge is 0.191 e. The topological polar surface area (TPSA) is 65.1 Å². The third-order valence-electron chi connectivity index (χ3n) is 4.35. The molecule has 0 amide bonds. The van der Waals surface area contributed by atoms with Crippen molar-refractivity contribution < 1.29 is 0 Å². The fraction of sp³-hybridized carbons (Fsp3) is 0.333. The molecule has 0 atom stereocenters. The Morgan fingerprint density at radius 1 is 1.12 bits per heavy atom. The molecule has 2 heterocycles.